The highest BCUT2D eigenvalue weighted by Gasteiger charge is 2.43. The van der Waals surface area contributed by atoms with Crippen LogP contribution in [0.4, 0.5) is 26.3 Å². The van der Waals surface area contributed by atoms with Crippen molar-refractivity contribution in [2.45, 2.75) is 45.0 Å². The molecule has 1 saturated heterocycles. The number of carbonyl (C=O) groups excluding carboxylic acids is 1. The summed E-state index contributed by atoms with van der Waals surface area (Å²) in [4.78, 5) is 14.7. The number of rotatable bonds is 5. The Balaban J connectivity index is 1.82. The highest BCUT2D eigenvalue weighted by molar-refractivity contribution is 5.85. The molecule has 0 amide bonds. The van der Waals surface area contributed by atoms with Crippen LogP contribution in [0, 0.1) is 5.92 Å². The van der Waals surface area contributed by atoms with Gasteiger partial charge < -0.3 is 14.5 Å². The Kier molecular flexibility index (Phi) is 6.03. The highest BCUT2D eigenvalue weighted by Crippen LogP contribution is 2.47. The summed E-state index contributed by atoms with van der Waals surface area (Å²) >= 11 is 0. The molecule has 182 valence electrons. The normalized spacial score (nSPS) is 17.0. The third kappa shape index (κ3) is 4.71. The van der Waals surface area contributed by atoms with Crippen molar-refractivity contribution >= 4 is 16.9 Å². The van der Waals surface area contributed by atoms with E-state index in [4.69, 9.17) is 9.47 Å². The molecule has 1 atom stereocenters. The van der Waals surface area contributed by atoms with Crippen molar-refractivity contribution in [2.24, 2.45) is 5.92 Å². The molecule has 1 aliphatic rings. The number of hydrogen-bond donors (Lipinski definition) is 1. The zero-order chi connectivity index (χ0) is 24.8. The van der Waals surface area contributed by atoms with Crippen molar-refractivity contribution < 1.29 is 40.6 Å². The summed E-state index contributed by atoms with van der Waals surface area (Å²) in [6, 6.07) is 5.50. The van der Waals surface area contributed by atoms with E-state index in [-0.39, 0.29) is 36.7 Å². The van der Waals surface area contributed by atoms with Gasteiger partial charge in [-0.2, -0.15) is 26.3 Å². The summed E-state index contributed by atoms with van der Waals surface area (Å²) in [5, 5.41) is 0.644. The van der Waals surface area contributed by atoms with E-state index in [9.17, 15) is 31.1 Å². The topological polar surface area (TPSA) is 51.3 Å². The van der Waals surface area contributed by atoms with E-state index in [2.05, 4.69) is 4.98 Å². The van der Waals surface area contributed by atoms with Crippen LogP contribution in [0.15, 0.2) is 36.5 Å². The first kappa shape index (κ1) is 24.0. The smallest absolute Gasteiger partial charge is 0.420 e. The minimum Gasteiger partial charge on any atom is -0.465 e. The number of aromatic nitrogens is 1. The highest BCUT2D eigenvalue weighted by atomic mass is 19.4. The molecule has 0 radical (unpaired) electrons. The maximum Gasteiger partial charge on any atom is 0.420 e. The number of ether oxygens (including phenoxy) is 2. The Bertz CT molecular complexity index is 1190. The Morgan fingerprint density at radius 2 is 1.71 bits per heavy atom. The number of hydrogen-bond acceptors (Lipinski definition) is 3. The van der Waals surface area contributed by atoms with Crippen LogP contribution in [-0.4, -0.2) is 17.6 Å². The van der Waals surface area contributed by atoms with Crippen LogP contribution in [0.1, 0.15) is 48.4 Å². The lowest BCUT2D eigenvalue weighted by Crippen LogP contribution is -2.17. The standard InChI is InChI=1S/C24H21F6NO3/c1-12(2)17-11-31-20-4-3-15(10-16(17)20)34-21-18(23(25,26)27)8-13(9-19(21)24(28,29)30)7-14-5-6-33-22(14)32/h3-4,8-12,14,31H,5-7H2,1-2H3. The predicted molar refractivity (Wildman–Crippen MR) is 112 cm³/mol. The molecular weight excluding hydrogens is 464 g/mol. The molecule has 1 aliphatic heterocycles. The summed E-state index contributed by atoms with van der Waals surface area (Å²) in [6.45, 7) is 3.92. The van der Waals surface area contributed by atoms with Crippen molar-refractivity contribution in [2.75, 3.05) is 6.61 Å². The lowest BCUT2D eigenvalue weighted by molar-refractivity contribution is -0.145. The maximum atomic E-state index is 13.9. The number of fused-ring (bicyclic) bond motifs is 1. The first-order valence-electron chi connectivity index (χ1n) is 10.6. The molecule has 0 saturated carbocycles. The van der Waals surface area contributed by atoms with E-state index >= 15 is 0 Å². The number of cyclic esters (lactones) is 1. The van der Waals surface area contributed by atoms with Crippen LogP contribution in [0.5, 0.6) is 11.5 Å². The summed E-state index contributed by atoms with van der Waals surface area (Å²) in [6.07, 6.45) is -8.57. The molecule has 1 fully saturated rings. The molecule has 0 spiro atoms. The summed E-state index contributed by atoms with van der Waals surface area (Å²) in [7, 11) is 0. The van der Waals surface area contributed by atoms with Gasteiger partial charge in [-0.3, -0.25) is 4.79 Å². The molecular formula is C24H21F6NO3. The molecule has 0 aliphatic carbocycles. The maximum absolute atomic E-state index is 13.9. The van der Waals surface area contributed by atoms with Crippen molar-refractivity contribution in [1.82, 2.24) is 4.98 Å². The minimum absolute atomic E-state index is 0.0713. The molecule has 2 heterocycles. The Morgan fingerprint density at radius 1 is 1.06 bits per heavy atom. The zero-order valence-electron chi connectivity index (χ0n) is 18.2. The van der Waals surface area contributed by atoms with Crippen LogP contribution in [0.25, 0.3) is 10.9 Å². The van der Waals surface area contributed by atoms with E-state index in [0.717, 1.165) is 5.56 Å². The molecule has 4 rings (SSSR count). The lowest BCUT2D eigenvalue weighted by Gasteiger charge is -2.21. The number of alkyl halides is 6. The van der Waals surface area contributed by atoms with Crippen LogP contribution in [0.2, 0.25) is 0 Å². The molecule has 34 heavy (non-hydrogen) atoms. The molecule has 0 bridgehead atoms. The molecule has 1 unspecified atom stereocenters. The number of H-pyrrole nitrogens is 1. The monoisotopic (exact) mass is 485 g/mol. The van der Waals surface area contributed by atoms with Gasteiger partial charge in [0, 0.05) is 17.1 Å². The molecule has 1 aromatic heterocycles. The lowest BCUT2D eigenvalue weighted by atomic mass is 9.94. The van der Waals surface area contributed by atoms with Crippen molar-refractivity contribution in [3.8, 4) is 11.5 Å². The van der Waals surface area contributed by atoms with E-state index in [1.165, 1.54) is 18.2 Å². The van der Waals surface area contributed by atoms with Gasteiger partial charge in [0.15, 0.2) is 5.75 Å². The summed E-state index contributed by atoms with van der Waals surface area (Å²) in [5.74, 6) is -2.83. The van der Waals surface area contributed by atoms with Gasteiger partial charge in [-0.1, -0.05) is 13.8 Å². The van der Waals surface area contributed by atoms with Gasteiger partial charge in [-0.25, -0.2) is 0 Å². The summed E-state index contributed by atoms with van der Waals surface area (Å²) in [5.41, 5.74) is -1.84. The fraction of sp³-hybridized carbons (Fsp3) is 0.375. The van der Waals surface area contributed by atoms with Crippen molar-refractivity contribution in [3.05, 3.63) is 58.8 Å². The number of aromatic amines is 1. The molecule has 4 nitrogen and oxygen atoms in total. The predicted octanol–water partition coefficient (Wildman–Crippen LogP) is 7.23. The van der Waals surface area contributed by atoms with E-state index < -0.39 is 41.1 Å². The van der Waals surface area contributed by atoms with Crippen LogP contribution in [0.3, 0.4) is 0 Å². The average Bonchev–Trinajstić information content (AvgIpc) is 3.33. The number of esters is 1. The van der Waals surface area contributed by atoms with Gasteiger partial charge in [0.25, 0.3) is 0 Å². The number of carbonyl (C=O) groups is 1. The average molecular weight is 485 g/mol. The fourth-order valence-corrected chi connectivity index (χ4v) is 4.13. The van der Waals surface area contributed by atoms with Crippen LogP contribution in [-0.2, 0) is 28.3 Å². The van der Waals surface area contributed by atoms with E-state index in [1.807, 2.05) is 13.8 Å². The minimum atomic E-state index is -5.12. The molecule has 2 aromatic carbocycles. The van der Waals surface area contributed by atoms with Gasteiger partial charge in [0.1, 0.15) is 5.75 Å². The number of nitrogens with one attached hydrogen (secondary N) is 1. The third-order valence-corrected chi connectivity index (χ3v) is 5.81. The first-order chi connectivity index (χ1) is 15.8. The second kappa shape index (κ2) is 8.56. The van der Waals surface area contributed by atoms with E-state index in [1.54, 1.807) is 6.20 Å². The van der Waals surface area contributed by atoms with Gasteiger partial charge >= 0.3 is 18.3 Å². The van der Waals surface area contributed by atoms with Gasteiger partial charge in [-0.15, -0.1) is 0 Å². The van der Waals surface area contributed by atoms with E-state index in [0.29, 0.717) is 23.0 Å². The van der Waals surface area contributed by atoms with Crippen molar-refractivity contribution in [3.63, 3.8) is 0 Å². The number of halogens is 6. The fourth-order valence-electron chi connectivity index (χ4n) is 4.13. The summed E-state index contributed by atoms with van der Waals surface area (Å²) < 4.78 is 93.6. The second-order valence-electron chi connectivity index (χ2n) is 8.58. The third-order valence-electron chi connectivity index (χ3n) is 5.81. The largest absolute Gasteiger partial charge is 0.465 e. The Hall–Kier alpha value is -3.17. The Morgan fingerprint density at radius 3 is 2.24 bits per heavy atom. The van der Waals surface area contributed by atoms with Crippen LogP contribution >= 0.6 is 0 Å². The second-order valence-corrected chi connectivity index (χ2v) is 8.58. The zero-order valence-corrected chi connectivity index (χ0v) is 18.2. The van der Waals surface area contributed by atoms with Crippen molar-refractivity contribution in [1.29, 1.82) is 0 Å². The van der Waals surface area contributed by atoms with Gasteiger partial charge in [0.2, 0.25) is 0 Å². The molecule has 1 N–H and O–H groups in total. The van der Waals surface area contributed by atoms with Crippen LogP contribution < -0.4 is 4.74 Å². The quantitative estimate of drug-likeness (QED) is 0.307. The first-order valence-corrected chi connectivity index (χ1v) is 10.6. The van der Waals surface area contributed by atoms with Gasteiger partial charge in [0.05, 0.1) is 23.7 Å². The molecule has 3 aromatic rings. The SMILES string of the molecule is CC(C)c1c[nH]c2ccc(Oc3c(C(F)(F)F)cc(CC4CCOC4=O)cc3C(F)(F)F)cc12. The van der Waals surface area contributed by atoms with Gasteiger partial charge in [-0.05, 0) is 60.2 Å². The molecule has 10 heteroatoms. The Labute approximate surface area is 190 Å². The number of benzene rings is 2.